The van der Waals surface area contributed by atoms with Crippen molar-refractivity contribution in [2.24, 2.45) is 0 Å². The lowest BCUT2D eigenvalue weighted by Gasteiger charge is -2.07. The molecule has 0 unspecified atom stereocenters. The zero-order valence-corrected chi connectivity index (χ0v) is 14.3. The van der Waals surface area contributed by atoms with Crippen LogP contribution in [0.2, 0.25) is 0 Å². The first-order chi connectivity index (χ1) is 11.6. The van der Waals surface area contributed by atoms with Gasteiger partial charge in [-0.2, -0.15) is 0 Å². The topological polar surface area (TPSA) is 79.7 Å². The maximum atomic E-state index is 12.6. The maximum absolute atomic E-state index is 12.6. The van der Waals surface area contributed by atoms with Gasteiger partial charge in [0, 0.05) is 22.7 Å². The molecule has 0 saturated carbocycles. The lowest BCUT2D eigenvalue weighted by Crippen LogP contribution is -2.21. The molecule has 126 valence electrons. The number of thiophene rings is 1. The third-order valence-corrected chi connectivity index (χ3v) is 4.86. The number of aryl methyl sites for hydroxylation is 1. The van der Waals surface area contributed by atoms with E-state index in [9.17, 15) is 9.59 Å². The minimum Gasteiger partial charge on any atom is -0.493 e. The van der Waals surface area contributed by atoms with Gasteiger partial charge in [0.2, 0.25) is 0 Å². The zero-order valence-electron chi connectivity index (χ0n) is 13.5. The average Bonchev–Trinajstić information content (AvgIpc) is 2.97. The molecule has 0 N–H and O–H groups in total. The molecule has 0 spiro atoms. The van der Waals surface area contributed by atoms with Crippen molar-refractivity contribution in [2.75, 3.05) is 21.3 Å². The molecular weight excluding hydrogens is 332 g/mol. The molecule has 7 nitrogen and oxygen atoms in total. The van der Waals surface area contributed by atoms with Crippen molar-refractivity contribution in [1.82, 2.24) is 9.55 Å². The Morgan fingerprint density at radius 3 is 2.58 bits per heavy atom. The zero-order chi connectivity index (χ0) is 17.3. The molecule has 0 saturated heterocycles. The Morgan fingerprint density at radius 2 is 1.92 bits per heavy atom. The molecule has 24 heavy (non-hydrogen) atoms. The van der Waals surface area contributed by atoms with Crippen molar-refractivity contribution in [3.8, 4) is 11.5 Å². The molecule has 0 bridgehead atoms. The molecule has 0 aliphatic heterocycles. The van der Waals surface area contributed by atoms with E-state index in [0.717, 1.165) is 10.1 Å². The number of carbonyl (C=O) groups is 1. The summed E-state index contributed by atoms with van der Waals surface area (Å²) in [5.74, 6) is 0.816. The van der Waals surface area contributed by atoms with Crippen molar-refractivity contribution in [1.29, 1.82) is 0 Å². The van der Waals surface area contributed by atoms with Gasteiger partial charge in [-0.15, -0.1) is 11.3 Å². The molecule has 1 aromatic carbocycles. The standard InChI is InChI=1S/C16H16N2O5S/c1-21-10-6-9-12(7-11(10)22-2)24-15-14(9)17-8-18(16(15)20)5-4-13(19)23-3/h6-8H,4-5H2,1-3H3. The number of fused-ring (bicyclic) bond motifs is 3. The van der Waals surface area contributed by atoms with Gasteiger partial charge in [-0.3, -0.25) is 14.2 Å². The van der Waals surface area contributed by atoms with Gasteiger partial charge >= 0.3 is 5.97 Å². The summed E-state index contributed by atoms with van der Waals surface area (Å²) < 4.78 is 18.0. The van der Waals surface area contributed by atoms with E-state index in [2.05, 4.69) is 9.72 Å². The molecule has 0 atom stereocenters. The number of methoxy groups -OCH3 is 3. The Morgan fingerprint density at radius 1 is 1.21 bits per heavy atom. The van der Waals surface area contributed by atoms with Gasteiger partial charge < -0.3 is 14.2 Å². The van der Waals surface area contributed by atoms with Gasteiger partial charge in [-0.25, -0.2) is 4.98 Å². The lowest BCUT2D eigenvalue weighted by molar-refractivity contribution is -0.140. The molecule has 3 rings (SSSR count). The second-order valence-electron chi connectivity index (χ2n) is 5.05. The van der Waals surface area contributed by atoms with Crippen LogP contribution in [0.5, 0.6) is 11.5 Å². The SMILES string of the molecule is COC(=O)CCn1cnc2c(sc3cc(OC)c(OC)cc32)c1=O. The lowest BCUT2D eigenvalue weighted by atomic mass is 10.2. The van der Waals surface area contributed by atoms with E-state index in [4.69, 9.17) is 9.47 Å². The highest BCUT2D eigenvalue weighted by atomic mass is 32.1. The fourth-order valence-corrected chi connectivity index (χ4v) is 3.58. The Labute approximate surface area is 141 Å². The van der Waals surface area contributed by atoms with Crippen LogP contribution in [-0.2, 0) is 16.1 Å². The van der Waals surface area contributed by atoms with E-state index in [-0.39, 0.29) is 24.5 Å². The molecule has 3 aromatic rings. The summed E-state index contributed by atoms with van der Waals surface area (Å²) in [6.07, 6.45) is 1.58. The fraction of sp³-hybridized carbons (Fsp3) is 0.312. The number of aromatic nitrogens is 2. The Hall–Kier alpha value is -2.61. The van der Waals surface area contributed by atoms with E-state index in [1.165, 1.54) is 29.3 Å². The maximum Gasteiger partial charge on any atom is 0.307 e. The smallest absolute Gasteiger partial charge is 0.307 e. The van der Waals surface area contributed by atoms with Gasteiger partial charge in [0.05, 0.1) is 39.6 Å². The molecule has 2 heterocycles. The van der Waals surface area contributed by atoms with Crippen LogP contribution < -0.4 is 15.0 Å². The number of carbonyl (C=O) groups excluding carboxylic acids is 1. The van der Waals surface area contributed by atoms with Crippen LogP contribution in [0.25, 0.3) is 20.3 Å². The monoisotopic (exact) mass is 348 g/mol. The van der Waals surface area contributed by atoms with E-state index in [1.807, 2.05) is 12.1 Å². The van der Waals surface area contributed by atoms with E-state index >= 15 is 0 Å². The summed E-state index contributed by atoms with van der Waals surface area (Å²) in [5.41, 5.74) is 0.443. The number of benzene rings is 1. The summed E-state index contributed by atoms with van der Waals surface area (Å²) in [5, 5.41) is 0.838. The first kappa shape index (κ1) is 16.3. The molecule has 0 radical (unpaired) electrons. The molecular formula is C16H16N2O5S. The van der Waals surface area contributed by atoms with E-state index in [0.29, 0.717) is 21.7 Å². The van der Waals surface area contributed by atoms with Crippen LogP contribution in [0.4, 0.5) is 0 Å². The molecule has 0 amide bonds. The number of esters is 1. The van der Waals surface area contributed by atoms with Crippen molar-refractivity contribution in [3.05, 3.63) is 28.8 Å². The molecule has 0 fully saturated rings. The van der Waals surface area contributed by atoms with Crippen molar-refractivity contribution >= 4 is 37.6 Å². The number of hydrogen-bond donors (Lipinski definition) is 0. The first-order valence-electron chi connectivity index (χ1n) is 7.19. The van der Waals surface area contributed by atoms with E-state index in [1.54, 1.807) is 14.2 Å². The quantitative estimate of drug-likeness (QED) is 0.658. The van der Waals surface area contributed by atoms with Crippen LogP contribution in [0, 0.1) is 0 Å². The van der Waals surface area contributed by atoms with Gasteiger partial charge in [-0.1, -0.05) is 0 Å². The molecule has 0 aliphatic carbocycles. The highest BCUT2D eigenvalue weighted by Gasteiger charge is 2.15. The second kappa shape index (κ2) is 6.48. The van der Waals surface area contributed by atoms with E-state index < -0.39 is 0 Å². The van der Waals surface area contributed by atoms with Crippen molar-refractivity contribution in [3.63, 3.8) is 0 Å². The van der Waals surface area contributed by atoms with Gasteiger partial charge in [0.1, 0.15) is 4.70 Å². The molecule has 8 heteroatoms. The van der Waals surface area contributed by atoms with Crippen LogP contribution in [0.3, 0.4) is 0 Å². The fourth-order valence-electron chi connectivity index (χ4n) is 2.47. The Balaban J connectivity index is 2.13. The van der Waals surface area contributed by atoms with Crippen LogP contribution in [0.1, 0.15) is 6.42 Å². The summed E-state index contributed by atoms with van der Waals surface area (Å²) in [6.45, 7) is 0.231. The normalized spacial score (nSPS) is 11.0. The molecule has 0 aliphatic rings. The third kappa shape index (κ3) is 2.69. The Kier molecular flexibility index (Phi) is 4.39. The minimum absolute atomic E-state index is 0.121. The van der Waals surface area contributed by atoms with Crippen LogP contribution >= 0.6 is 11.3 Å². The predicted octanol–water partition coefficient (Wildman–Crippen LogP) is 2.19. The highest BCUT2D eigenvalue weighted by Crippen LogP contribution is 2.38. The van der Waals surface area contributed by atoms with Crippen molar-refractivity contribution in [2.45, 2.75) is 13.0 Å². The van der Waals surface area contributed by atoms with Gasteiger partial charge in [0.15, 0.2) is 11.5 Å². The Bertz CT molecular complexity index is 976. The average molecular weight is 348 g/mol. The van der Waals surface area contributed by atoms with Crippen molar-refractivity contribution < 1.29 is 19.0 Å². The minimum atomic E-state index is -0.368. The summed E-state index contributed by atoms with van der Waals surface area (Å²) >= 11 is 1.34. The van der Waals surface area contributed by atoms with Crippen LogP contribution in [-0.4, -0.2) is 36.8 Å². The number of nitrogens with zero attached hydrogens (tertiary/aromatic N) is 2. The number of rotatable bonds is 5. The molecule has 2 aromatic heterocycles. The van der Waals surface area contributed by atoms with Gasteiger partial charge in [-0.05, 0) is 6.07 Å². The van der Waals surface area contributed by atoms with Gasteiger partial charge in [0.25, 0.3) is 5.56 Å². The number of ether oxygens (including phenoxy) is 3. The third-order valence-electron chi connectivity index (χ3n) is 3.73. The summed E-state index contributed by atoms with van der Waals surface area (Å²) in [6, 6.07) is 3.65. The van der Waals surface area contributed by atoms with Crippen LogP contribution in [0.15, 0.2) is 23.3 Å². The first-order valence-corrected chi connectivity index (χ1v) is 8.01. The largest absolute Gasteiger partial charge is 0.493 e. The number of hydrogen-bond acceptors (Lipinski definition) is 7. The second-order valence-corrected chi connectivity index (χ2v) is 6.10. The summed E-state index contributed by atoms with van der Waals surface area (Å²) in [7, 11) is 4.44. The summed E-state index contributed by atoms with van der Waals surface area (Å²) in [4.78, 5) is 28.3. The predicted molar refractivity (Wildman–Crippen MR) is 91.1 cm³/mol. The highest BCUT2D eigenvalue weighted by molar-refractivity contribution is 7.25.